The maximum Gasteiger partial charge on any atom is 0.174 e. The molecule has 3 aromatic carbocycles. The van der Waals surface area contributed by atoms with E-state index in [2.05, 4.69) is 38.6 Å². The summed E-state index contributed by atoms with van der Waals surface area (Å²) in [6.07, 6.45) is 1.68. The number of nitrogens with one attached hydrogen (secondary N) is 1. The third-order valence-electron chi connectivity index (χ3n) is 4.75. The summed E-state index contributed by atoms with van der Waals surface area (Å²) in [5.41, 5.74) is 2.98. The largest absolute Gasteiger partial charge is 0.493 e. The van der Waals surface area contributed by atoms with E-state index < -0.39 is 0 Å². The number of aromatic nitrogens is 2. The number of halogens is 4. The summed E-state index contributed by atoms with van der Waals surface area (Å²) in [7, 11) is 1.55. The fourth-order valence-corrected chi connectivity index (χ4v) is 4.28. The SMILES string of the molecule is COc1cc(/C=C(/C#N)c2nc3ccc(F)cc3[nH]2)cc(I)c1OCc1ccc(Cl)c(Cl)c1. The number of hydrogen-bond acceptors (Lipinski definition) is 4. The highest BCUT2D eigenvalue weighted by molar-refractivity contribution is 14.1. The monoisotopic (exact) mass is 593 g/mol. The lowest BCUT2D eigenvalue weighted by atomic mass is 10.1. The van der Waals surface area contributed by atoms with Gasteiger partial charge in [-0.1, -0.05) is 29.3 Å². The zero-order valence-corrected chi connectivity index (χ0v) is 20.8. The van der Waals surface area contributed by atoms with Crippen LogP contribution in [0.2, 0.25) is 10.0 Å². The Morgan fingerprint density at radius 1 is 1.18 bits per heavy atom. The van der Waals surface area contributed by atoms with E-state index in [0.29, 0.717) is 44.0 Å². The van der Waals surface area contributed by atoms with Crippen molar-refractivity contribution in [3.63, 3.8) is 0 Å². The van der Waals surface area contributed by atoms with Crippen LogP contribution in [0, 0.1) is 20.7 Å². The van der Waals surface area contributed by atoms with Gasteiger partial charge in [0.2, 0.25) is 0 Å². The number of imidazole rings is 1. The van der Waals surface area contributed by atoms with E-state index >= 15 is 0 Å². The molecule has 1 aromatic heterocycles. The highest BCUT2D eigenvalue weighted by Gasteiger charge is 2.14. The van der Waals surface area contributed by atoms with Crippen LogP contribution in [0.4, 0.5) is 4.39 Å². The van der Waals surface area contributed by atoms with E-state index in [1.807, 2.05) is 12.1 Å². The maximum atomic E-state index is 13.5. The standard InChI is InChI=1S/C24H15Cl2FIN3O2/c1-32-22-9-14(6-15(11-29)24-30-20-5-3-16(27)10-21(20)31-24)8-19(28)23(22)33-12-13-2-4-17(25)18(26)7-13/h2-10H,12H2,1H3,(H,30,31)/b15-6-. The van der Waals surface area contributed by atoms with Gasteiger partial charge >= 0.3 is 0 Å². The number of ether oxygens (including phenoxy) is 2. The van der Waals surface area contributed by atoms with Gasteiger partial charge in [-0.2, -0.15) is 5.26 Å². The first-order valence-electron chi connectivity index (χ1n) is 9.59. The summed E-state index contributed by atoms with van der Waals surface area (Å²) in [4.78, 5) is 7.38. The highest BCUT2D eigenvalue weighted by atomic mass is 127. The molecule has 0 fully saturated rings. The molecule has 0 bridgehead atoms. The molecule has 0 radical (unpaired) electrons. The lowest BCUT2D eigenvalue weighted by Gasteiger charge is -2.14. The number of benzene rings is 3. The summed E-state index contributed by atoms with van der Waals surface area (Å²) in [6.45, 7) is 0.275. The molecule has 0 aliphatic carbocycles. The van der Waals surface area contributed by atoms with Gasteiger partial charge in [0, 0.05) is 0 Å². The summed E-state index contributed by atoms with van der Waals surface area (Å²) in [6, 6.07) is 15.3. The lowest BCUT2D eigenvalue weighted by molar-refractivity contribution is 0.282. The fourth-order valence-electron chi connectivity index (χ4n) is 3.18. The minimum atomic E-state index is -0.379. The minimum Gasteiger partial charge on any atom is -0.493 e. The number of aromatic amines is 1. The Morgan fingerprint density at radius 2 is 2.00 bits per heavy atom. The van der Waals surface area contributed by atoms with E-state index in [9.17, 15) is 9.65 Å². The Balaban J connectivity index is 1.63. The Bertz CT molecular complexity index is 1430. The first-order chi connectivity index (χ1) is 15.9. The predicted octanol–water partition coefficient (Wildman–Crippen LogP) is 7.27. The van der Waals surface area contributed by atoms with Gasteiger partial charge < -0.3 is 14.5 Å². The normalized spacial score (nSPS) is 11.5. The van der Waals surface area contributed by atoms with Gasteiger partial charge in [0.25, 0.3) is 0 Å². The van der Waals surface area contributed by atoms with E-state index in [0.717, 1.165) is 14.7 Å². The molecule has 0 aliphatic rings. The molecule has 5 nitrogen and oxygen atoms in total. The summed E-state index contributed by atoms with van der Waals surface area (Å²) in [5, 5.41) is 10.6. The molecule has 0 aliphatic heterocycles. The average Bonchev–Trinajstić information content (AvgIpc) is 3.21. The van der Waals surface area contributed by atoms with Crippen LogP contribution in [0.15, 0.2) is 48.5 Å². The molecular formula is C24H15Cl2FIN3O2. The quantitative estimate of drug-likeness (QED) is 0.189. The minimum absolute atomic E-state index is 0.275. The van der Waals surface area contributed by atoms with Gasteiger partial charge in [-0.3, -0.25) is 0 Å². The van der Waals surface area contributed by atoms with Crippen LogP contribution < -0.4 is 9.47 Å². The molecular weight excluding hydrogens is 579 g/mol. The molecule has 9 heteroatoms. The second-order valence-electron chi connectivity index (χ2n) is 6.99. The number of nitriles is 1. The number of fused-ring (bicyclic) bond motifs is 1. The number of rotatable bonds is 6. The molecule has 4 rings (SSSR count). The molecule has 166 valence electrons. The van der Waals surface area contributed by atoms with Crippen molar-refractivity contribution < 1.29 is 13.9 Å². The fraction of sp³-hybridized carbons (Fsp3) is 0.0833. The first-order valence-corrected chi connectivity index (χ1v) is 11.4. The summed E-state index contributed by atoms with van der Waals surface area (Å²) < 4.78 is 25.8. The Kier molecular flexibility index (Phi) is 7.08. The van der Waals surface area contributed by atoms with Gasteiger partial charge in [0.05, 0.1) is 37.3 Å². The topological polar surface area (TPSA) is 70.9 Å². The third kappa shape index (κ3) is 5.24. The maximum absolute atomic E-state index is 13.5. The Labute approximate surface area is 212 Å². The van der Waals surface area contributed by atoms with Gasteiger partial charge in [0.15, 0.2) is 11.5 Å². The summed E-state index contributed by atoms with van der Waals surface area (Å²) in [5.74, 6) is 1.05. The average molecular weight is 594 g/mol. The van der Waals surface area contributed by atoms with Crippen molar-refractivity contribution in [2.75, 3.05) is 7.11 Å². The van der Waals surface area contributed by atoms with Gasteiger partial charge in [-0.25, -0.2) is 9.37 Å². The molecule has 0 saturated carbocycles. The molecule has 0 unspecified atom stereocenters. The lowest BCUT2D eigenvalue weighted by Crippen LogP contribution is -2.00. The second kappa shape index (κ2) is 10.00. The van der Waals surface area contributed by atoms with Crippen LogP contribution in [0.25, 0.3) is 22.7 Å². The van der Waals surface area contributed by atoms with Gasteiger partial charge in [-0.15, -0.1) is 0 Å². The molecule has 0 saturated heterocycles. The molecule has 1 heterocycles. The highest BCUT2D eigenvalue weighted by Crippen LogP contribution is 2.36. The van der Waals surface area contributed by atoms with Crippen molar-refractivity contribution in [2.45, 2.75) is 6.61 Å². The zero-order chi connectivity index (χ0) is 23.5. The van der Waals surface area contributed by atoms with E-state index in [4.69, 9.17) is 32.7 Å². The molecule has 33 heavy (non-hydrogen) atoms. The smallest absolute Gasteiger partial charge is 0.174 e. The van der Waals surface area contributed by atoms with Gasteiger partial charge in [0.1, 0.15) is 24.3 Å². The van der Waals surface area contributed by atoms with Crippen molar-refractivity contribution in [1.29, 1.82) is 5.26 Å². The van der Waals surface area contributed by atoms with Crippen LogP contribution >= 0.6 is 45.8 Å². The van der Waals surface area contributed by atoms with Gasteiger partial charge in [-0.05, 0) is 82.3 Å². The van der Waals surface area contributed by atoms with E-state index in [1.54, 1.807) is 37.5 Å². The number of methoxy groups -OCH3 is 1. The number of H-pyrrole nitrogens is 1. The molecule has 0 atom stereocenters. The molecule has 0 amide bonds. The van der Waals surface area contributed by atoms with Crippen LogP contribution in [0.3, 0.4) is 0 Å². The van der Waals surface area contributed by atoms with E-state index in [1.165, 1.54) is 12.1 Å². The molecule has 1 N–H and O–H groups in total. The van der Waals surface area contributed by atoms with Crippen molar-refractivity contribution >= 4 is 68.5 Å². The first kappa shape index (κ1) is 23.4. The Morgan fingerprint density at radius 3 is 2.73 bits per heavy atom. The summed E-state index contributed by atoms with van der Waals surface area (Å²) >= 11 is 14.2. The van der Waals surface area contributed by atoms with Crippen molar-refractivity contribution in [3.8, 4) is 17.6 Å². The third-order valence-corrected chi connectivity index (χ3v) is 6.29. The predicted molar refractivity (Wildman–Crippen MR) is 136 cm³/mol. The number of allylic oxidation sites excluding steroid dienone is 1. The van der Waals surface area contributed by atoms with Crippen molar-refractivity contribution in [1.82, 2.24) is 9.97 Å². The van der Waals surface area contributed by atoms with Crippen LogP contribution in [-0.2, 0) is 6.61 Å². The number of hydrogen-bond donors (Lipinski definition) is 1. The second-order valence-corrected chi connectivity index (χ2v) is 8.96. The molecule has 4 aromatic rings. The Hall–Kier alpha value is -2.80. The van der Waals surface area contributed by atoms with Crippen LogP contribution in [0.5, 0.6) is 11.5 Å². The van der Waals surface area contributed by atoms with Crippen molar-refractivity contribution in [3.05, 3.63) is 84.9 Å². The van der Waals surface area contributed by atoms with Crippen molar-refractivity contribution in [2.24, 2.45) is 0 Å². The van der Waals surface area contributed by atoms with Crippen LogP contribution in [-0.4, -0.2) is 17.1 Å². The number of nitrogens with zero attached hydrogens (tertiary/aromatic N) is 2. The van der Waals surface area contributed by atoms with E-state index in [-0.39, 0.29) is 12.4 Å². The zero-order valence-electron chi connectivity index (χ0n) is 17.1. The molecule has 0 spiro atoms. The van der Waals surface area contributed by atoms with Crippen LogP contribution in [0.1, 0.15) is 17.0 Å².